The normalized spacial score (nSPS) is 18.4. The van der Waals surface area contributed by atoms with Gasteiger partial charge >= 0.3 is 0 Å². The van der Waals surface area contributed by atoms with Gasteiger partial charge in [-0.2, -0.15) is 0 Å². The highest BCUT2D eigenvalue weighted by atomic mass is 35.5. The van der Waals surface area contributed by atoms with Gasteiger partial charge in [-0.25, -0.2) is 13.6 Å². The van der Waals surface area contributed by atoms with Gasteiger partial charge in [0.05, 0.1) is 10.8 Å². The number of halogens is 1. The molecule has 0 radical (unpaired) electrons. The van der Waals surface area contributed by atoms with E-state index in [1.165, 1.54) is 6.07 Å². The van der Waals surface area contributed by atoms with E-state index in [4.69, 9.17) is 5.14 Å². The van der Waals surface area contributed by atoms with E-state index in [9.17, 15) is 13.2 Å². The summed E-state index contributed by atoms with van der Waals surface area (Å²) in [5, 5.41) is 11.0. The quantitative estimate of drug-likeness (QED) is 0.759. The van der Waals surface area contributed by atoms with E-state index >= 15 is 0 Å². The number of anilines is 1. The third-order valence-electron chi connectivity index (χ3n) is 3.19. The molecule has 1 aliphatic heterocycles. The van der Waals surface area contributed by atoms with Gasteiger partial charge in [0, 0.05) is 12.2 Å². The van der Waals surface area contributed by atoms with Crippen LogP contribution in [-0.4, -0.2) is 27.4 Å². The molecule has 0 aromatic heterocycles. The summed E-state index contributed by atoms with van der Waals surface area (Å²) in [7, 11) is -3.77. The molecule has 0 saturated carbocycles. The van der Waals surface area contributed by atoms with E-state index in [0.29, 0.717) is 17.8 Å². The molecule has 1 atom stereocenters. The summed E-state index contributed by atoms with van der Waals surface area (Å²) in [6.07, 6.45) is 0.791. The molecule has 1 fully saturated rings. The molecule has 1 aliphatic rings. The molecular weight excluding hydrogens is 302 g/mol. The smallest absolute Gasteiger partial charge is 0.238 e. The molecule has 6 nitrogen and oxygen atoms in total. The van der Waals surface area contributed by atoms with Crippen LogP contribution >= 0.6 is 12.4 Å². The molecule has 1 heterocycles. The van der Waals surface area contributed by atoms with Crippen LogP contribution < -0.4 is 15.8 Å². The molecule has 4 N–H and O–H groups in total. The van der Waals surface area contributed by atoms with Gasteiger partial charge in [0.25, 0.3) is 0 Å². The number of hydrogen-bond donors (Lipinski definition) is 3. The lowest BCUT2D eigenvalue weighted by atomic mass is 10.1. The van der Waals surface area contributed by atoms with E-state index in [-0.39, 0.29) is 29.1 Å². The first-order chi connectivity index (χ1) is 8.88. The fourth-order valence-electron chi connectivity index (χ4n) is 2.11. The highest BCUT2D eigenvalue weighted by Gasteiger charge is 2.22. The molecule has 1 saturated heterocycles. The molecule has 20 heavy (non-hydrogen) atoms. The Morgan fingerprint density at radius 3 is 2.70 bits per heavy atom. The van der Waals surface area contributed by atoms with Crippen molar-refractivity contribution < 1.29 is 13.2 Å². The third-order valence-corrected chi connectivity index (χ3v) is 4.25. The Morgan fingerprint density at radius 2 is 2.15 bits per heavy atom. The monoisotopic (exact) mass is 319 g/mol. The zero-order valence-electron chi connectivity index (χ0n) is 11.0. The summed E-state index contributed by atoms with van der Waals surface area (Å²) in [4.78, 5) is 12.0. The molecule has 2 rings (SSSR count). The van der Waals surface area contributed by atoms with Crippen LogP contribution in [0.3, 0.4) is 0 Å². The maximum atomic E-state index is 11.9. The second-order valence-electron chi connectivity index (χ2n) is 4.70. The van der Waals surface area contributed by atoms with E-state index < -0.39 is 10.0 Å². The van der Waals surface area contributed by atoms with E-state index in [1.807, 2.05) is 0 Å². The standard InChI is InChI=1S/C12H17N3O3S.ClH/c1-8-2-3-10(6-11(8)19(13,17)18)15-12(16)9-4-5-14-7-9;/h2-3,6,9,14H,4-5,7H2,1H3,(H,15,16)(H2,13,17,18);1H. The van der Waals surface area contributed by atoms with Gasteiger partial charge in [0.1, 0.15) is 0 Å². The first-order valence-corrected chi connectivity index (χ1v) is 7.57. The van der Waals surface area contributed by atoms with Gasteiger partial charge in [-0.05, 0) is 37.6 Å². The van der Waals surface area contributed by atoms with Gasteiger partial charge in [-0.3, -0.25) is 4.79 Å². The van der Waals surface area contributed by atoms with Gasteiger partial charge in [0.15, 0.2) is 0 Å². The van der Waals surface area contributed by atoms with Crippen LogP contribution in [0.5, 0.6) is 0 Å². The van der Waals surface area contributed by atoms with Crippen molar-refractivity contribution in [1.29, 1.82) is 0 Å². The Balaban J connectivity index is 0.00000200. The Labute approximate surface area is 124 Å². The molecule has 0 spiro atoms. The van der Waals surface area contributed by atoms with Crippen molar-refractivity contribution in [2.75, 3.05) is 18.4 Å². The number of carbonyl (C=O) groups excluding carboxylic acids is 1. The minimum Gasteiger partial charge on any atom is -0.326 e. The average molecular weight is 320 g/mol. The minimum atomic E-state index is -3.77. The SMILES string of the molecule is Cc1ccc(NC(=O)C2CCNC2)cc1S(N)(=O)=O.Cl. The van der Waals surface area contributed by atoms with E-state index in [0.717, 1.165) is 13.0 Å². The van der Waals surface area contributed by atoms with Crippen molar-refractivity contribution in [2.24, 2.45) is 11.1 Å². The van der Waals surface area contributed by atoms with Gasteiger partial charge in [-0.15, -0.1) is 12.4 Å². The molecule has 1 unspecified atom stereocenters. The van der Waals surface area contributed by atoms with Crippen molar-refractivity contribution >= 4 is 34.0 Å². The van der Waals surface area contributed by atoms with Crippen LogP contribution in [0, 0.1) is 12.8 Å². The number of sulfonamides is 1. The maximum Gasteiger partial charge on any atom is 0.238 e. The lowest BCUT2D eigenvalue weighted by molar-refractivity contribution is -0.119. The van der Waals surface area contributed by atoms with Crippen LogP contribution in [0.15, 0.2) is 23.1 Å². The van der Waals surface area contributed by atoms with E-state index in [2.05, 4.69) is 10.6 Å². The summed E-state index contributed by atoms with van der Waals surface area (Å²) >= 11 is 0. The number of rotatable bonds is 3. The summed E-state index contributed by atoms with van der Waals surface area (Å²) < 4.78 is 22.8. The number of benzene rings is 1. The molecular formula is C12H18ClN3O3S. The van der Waals surface area contributed by atoms with Crippen molar-refractivity contribution in [2.45, 2.75) is 18.2 Å². The Morgan fingerprint density at radius 1 is 1.45 bits per heavy atom. The second-order valence-corrected chi connectivity index (χ2v) is 6.23. The highest BCUT2D eigenvalue weighted by molar-refractivity contribution is 7.89. The largest absolute Gasteiger partial charge is 0.326 e. The zero-order chi connectivity index (χ0) is 14.0. The number of carbonyl (C=O) groups is 1. The summed E-state index contributed by atoms with van der Waals surface area (Å²) in [5.41, 5.74) is 1.01. The number of nitrogens with one attached hydrogen (secondary N) is 2. The van der Waals surface area contributed by atoms with Gasteiger partial charge < -0.3 is 10.6 Å². The number of hydrogen-bond acceptors (Lipinski definition) is 4. The van der Waals surface area contributed by atoms with Gasteiger partial charge in [-0.1, -0.05) is 6.07 Å². The van der Waals surface area contributed by atoms with Crippen LogP contribution in [-0.2, 0) is 14.8 Å². The third kappa shape index (κ3) is 3.92. The topological polar surface area (TPSA) is 101 Å². The first kappa shape index (κ1) is 16.9. The predicted octanol–water partition coefficient (Wildman–Crippen LogP) is 0.612. The summed E-state index contributed by atoms with van der Waals surface area (Å²) in [5.74, 6) is -0.173. The molecule has 1 amide bonds. The first-order valence-electron chi connectivity index (χ1n) is 6.03. The van der Waals surface area contributed by atoms with Crippen molar-refractivity contribution in [3.8, 4) is 0 Å². The molecule has 1 aromatic carbocycles. The Hall–Kier alpha value is -1.15. The highest BCUT2D eigenvalue weighted by Crippen LogP contribution is 2.20. The van der Waals surface area contributed by atoms with Crippen LogP contribution in [0.1, 0.15) is 12.0 Å². The average Bonchev–Trinajstić information content (AvgIpc) is 2.83. The number of amides is 1. The molecule has 0 bridgehead atoms. The van der Waals surface area contributed by atoms with Crippen LogP contribution in [0.25, 0.3) is 0 Å². The van der Waals surface area contributed by atoms with Crippen LogP contribution in [0.2, 0.25) is 0 Å². The van der Waals surface area contributed by atoms with Crippen molar-refractivity contribution in [1.82, 2.24) is 5.32 Å². The summed E-state index contributed by atoms with van der Waals surface area (Å²) in [6, 6.07) is 4.69. The zero-order valence-corrected chi connectivity index (χ0v) is 12.7. The van der Waals surface area contributed by atoms with Gasteiger partial charge in [0.2, 0.25) is 15.9 Å². The Kier molecular flexibility index (Phi) is 5.52. The molecule has 112 valence electrons. The number of nitrogens with two attached hydrogens (primary N) is 1. The van der Waals surface area contributed by atoms with Crippen LogP contribution in [0.4, 0.5) is 5.69 Å². The second kappa shape index (κ2) is 6.53. The predicted molar refractivity (Wildman–Crippen MR) is 79.4 cm³/mol. The summed E-state index contributed by atoms with van der Waals surface area (Å²) in [6.45, 7) is 3.14. The fourth-order valence-corrected chi connectivity index (χ4v) is 2.92. The molecule has 1 aromatic rings. The molecule has 0 aliphatic carbocycles. The lowest BCUT2D eigenvalue weighted by Crippen LogP contribution is -2.25. The van der Waals surface area contributed by atoms with Crippen molar-refractivity contribution in [3.05, 3.63) is 23.8 Å². The van der Waals surface area contributed by atoms with E-state index in [1.54, 1.807) is 19.1 Å². The maximum absolute atomic E-state index is 11.9. The minimum absolute atomic E-state index is 0. The lowest BCUT2D eigenvalue weighted by Gasteiger charge is -2.11. The number of aryl methyl sites for hydroxylation is 1. The number of primary sulfonamides is 1. The Bertz CT molecular complexity index is 598. The molecule has 8 heteroatoms. The fraction of sp³-hybridized carbons (Fsp3) is 0.417. The van der Waals surface area contributed by atoms with Crippen molar-refractivity contribution in [3.63, 3.8) is 0 Å².